The van der Waals surface area contributed by atoms with Crippen LogP contribution < -0.4 is 0 Å². The molecular formula is C25H26ClFN2O4. The quantitative estimate of drug-likeness (QED) is 0.440. The molecule has 0 saturated carbocycles. The lowest BCUT2D eigenvalue weighted by Gasteiger charge is -2.27. The summed E-state index contributed by atoms with van der Waals surface area (Å²) < 4.78 is 24.1. The Morgan fingerprint density at radius 2 is 2.03 bits per heavy atom. The lowest BCUT2D eigenvalue weighted by molar-refractivity contribution is -0.00955. The second-order valence-electron chi connectivity index (χ2n) is 8.05. The van der Waals surface area contributed by atoms with Gasteiger partial charge in [-0.3, -0.25) is 4.90 Å². The van der Waals surface area contributed by atoms with E-state index in [1.54, 1.807) is 24.5 Å². The summed E-state index contributed by atoms with van der Waals surface area (Å²) in [5, 5.41) is 15.4. The van der Waals surface area contributed by atoms with Gasteiger partial charge in [0.05, 0.1) is 24.7 Å². The Hall–Kier alpha value is -2.71. The highest BCUT2D eigenvalue weighted by molar-refractivity contribution is 6.30. The van der Waals surface area contributed by atoms with E-state index in [9.17, 15) is 9.50 Å². The van der Waals surface area contributed by atoms with E-state index in [1.807, 2.05) is 30.3 Å². The minimum atomic E-state index is -0.696. The van der Waals surface area contributed by atoms with Crippen LogP contribution in [0.2, 0.25) is 5.02 Å². The van der Waals surface area contributed by atoms with E-state index in [2.05, 4.69) is 10.1 Å². The number of benzene rings is 2. The molecule has 1 N–H and O–H groups in total. The Morgan fingerprint density at radius 1 is 1.18 bits per heavy atom. The number of hydrogen-bond acceptors (Lipinski definition) is 6. The molecule has 1 aliphatic rings. The molecule has 1 aromatic heterocycles. The first-order chi connectivity index (χ1) is 16.0. The van der Waals surface area contributed by atoms with Gasteiger partial charge >= 0.3 is 0 Å². The van der Waals surface area contributed by atoms with Gasteiger partial charge in [-0.25, -0.2) is 4.39 Å². The molecule has 0 fully saturated rings. The minimum Gasteiger partial charge on any atom is -0.467 e. The van der Waals surface area contributed by atoms with E-state index < -0.39 is 6.10 Å². The molecule has 33 heavy (non-hydrogen) atoms. The van der Waals surface area contributed by atoms with Gasteiger partial charge in [0.1, 0.15) is 24.3 Å². The average molecular weight is 473 g/mol. The molecule has 0 unspecified atom stereocenters. The standard InChI is InChI=1S/C25H26ClFN2O4/c26-20-4-1-3-18(11-20)13-29(14-22(30)16-31-17-23-5-2-10-32-23)15-24-12-25(28-33-24)19-6-8-21(27)9-7-19/h1-11,22,24,30H,12-17H2/t22-,24-/m0/s1. The van der Waals surface area contributed by atoms with Gasteiger partial charge in [0.25, 0.3) is 0 Å². The van der Waals surface area contributed by atoms with Crippen LogP contribution in [0, 0.1) is 5.82 Å². The van der Waals surface area contributed by atoms with E-state index in [4.69, 9.17) is 25.6 Å². The molecule has 0 bridgehead atoms. The summed E-state index contributed by atoms with van der Waals surface area (Å²) in [5.74, 6) is 0.425. The lowest BCUT2D eigenvalue weighted by Crippen LogP contribution is -2.39. The smallest absolute Gasteiger partial charge is 0.145 e. The Kier molecular flexibility index (Phi) is 8.12. The highest BCUT2D eigenvalue weighted by Gasteiger charge is 2.26. The molecule has 0 amide bonds. The van der Waals surface area contributed by atoms with E-state index in [0.717, 1.165) is 16.8 Å². The summed E-state index contributed by atoms with van der Waals surface area (Å²) >= 11 is 6.15. The molecule has 1 aliphatic heterocycles. The van der Waals surface area contributed by atoms with Crippen molar-refractivity contribution < 1.29 is 23.5 Å². The molecule has 2 atom stereocenters. The first-order valence-electron chi connectivity index (χ1n) is 10.8. The summed E-state index contributed by atoms with van der Waals surface area (Å²) in [5.41, 5.74) is 2.65. The van der Waals surface area contributed by atoms with Crippen LogP contribution in [0.25, 0.3) is 0 Å². The predicted molar refractivity (Wildman–Crippen MR) is 124 cm³/mol. The van der Waals surface area contributed by atoms with Crippen molar-refractivity contribution >= 4 is 17.3 Å². The number of oxime groups is 1. The molecule has 174 valence electrons. The van der Waals surface area contributed by atoms with Gasteiger partial charge in [0.15, 0.2) is 0 Å². The maximum Gasteiger partial charge on any atom is 0.145 e. The third kappa shape index (κ3) is 7.14. The second kappa shape index (κ2) is 11.4. The van der Waals surface area contributed by atoms with Gasteiger partial charge in [0, 0.05) is 31.1 Å². The number of rotatable bonds is 11. The Morgan fingerprint density at radius 3 is 2.79 bits per heavy atom. The minimum absolute atomic E-state index is 0.176. The SMILES string of the molecule is O[C@H](COCc1ccco1)CN(Cc1cccc(Cl)c1)C[C@@H]1CC(c2ccc(F)cc2)=NO1. The fourth-order valence-corrected chi connectivity index (χ4v) is 3.98. The molecule has 0 radical (unpaired) electrons. The molecule has 0 saturated heterocycles. The van der Waals surface area contributed by atoms with Gasteiger partial charge in [-0.1, -0.05) is 41.0 Å². The molecule has 8 heteroatoms. The predicted octanol–water partition coefficient (Wildman–Crippen LogP) is 4.65. The Bertz CT molecular complexity index is 1040. The highest BCUT2D eigenvalue weighted by Crippen LogP contribution is 2.20. The summed E-state index contributed by atoms with van der Waals surface area (Å²) in [6.07, 6.45) is 1.31. The third-order valence-corrected chi connectivity index (χ3v) is 5.51. The topological polar surface area (TPSA) is 67.4 Å². The molecule has 2 aromatic carbocycles. The number of nitrogens with zero attached hydrogens (tertiary/aromatic N) is 2. The Labute approximate surface area is 197 Å². The number of aliphatic hydroxyl groups is 1. The van der Waals surface area contributed by atoms with E-state index in [0.29, 0.717) is 43.4 Å². The van der Waals surface area contributed by atoms with Gasteiger partial charge in [-0.2, -0.15) is 0 Å². The van der Waals surface area contributed by atoms with Crippen LogP contribution in [0.5, 0.6) is 0 Å². The van der Waals surface area contributed by atoms with Crippen LogP contribution in [-0.4, -0.2) is 47.6 Å². The first kappa shape index (κ1) is 23.4. The van der Waals surface area contributed by atoms with Crippen molar-refractivity contribution in [2.75, 3.05) is 19.7 Å². The largest absolute Gasteiger partial charge is 0.467 e. The maximum absolute atomic E-state index is 13.2. The third-order valence-electron chi connectivity index (χ3n) is 5.27. The number of halogens is 2. The highest BCUT2D eigenvalue weighted by atomic mass is 35.5. The zero-order chi connectivity index (χ0) is 23.0. The van der Waals surface area contributed by atoms with Crippen molar-refractivity contribution in [3.63, 3.8) is 0 Å². The van der Waals surface area contributed by atoms with Crippen LogP contribution in [0.3, 0.4) is 0 Å². The Balaban J connectivity index is 1.34. The normalized spacial score (nSPS) is 16.6. The number of furan rings is 1. The van der Waals surface area contributed by atoms with Crippen LogP contribution in [-0.2, 0) is 22.7 Å². The maximum atomic E-state index is 13.2. The zero-order valence-electron chi connectivity index (χ0n) is 18.1. The van der Waals surface area contributed by atoms with E-state index in [-0.39, 0.29) is 18.5 Å². The molecule has 3 aromatic rings. The van der Waals surface area contributed by atoms with Crippen molar-refractivity contribution in [2.24, 2.45) is 5.16 Å². The molecule has 2 heterocycles. The molecular weight excluding hydrogens is 447 g/mol. The lowest BCUT2D eigenvalue weighted by atomic mass is 10.0. The van der Waals surface area contributed by atoms with Crippen molar-refractivity contribution in [2.45, 2.75) is 31.8 Å². The van der Waals surface area contributed by atoms with Gasteiger partial charge < -0.3 is 19.1 Å². The van der Waals surface area contributed by atoms with Crippen molar-refractivity contribution in [3.8, 4) is 0 Å². The van der Waals surface area contributed by atoms with Crippen LogP contribution in [0.15, 0.2) is 76.5 Å². The summed E-state index contributed by atoms with van der Waals surface area (Å²) in [7, 11) is 0. The molecule has 0 aliphatic carbocycles. The fraction of sp³-hybridized carbons (Fsp3) is 0.320. The monoisotopic (exact) mass is 472 g/mol. The summed E-state index contributed by atoms with van der Waals surface area (Å²) in [4.78, 5) is 7.75. The average Bonchev–Trinajstić information content (AvgIpc) is 3.47. The molecule has 4 rings (SSSR count). The second-order valence-corrected chi connectivity index (χ2v) is 8.49. The first-order valence-corrected chi connectivity index (χ1v) is 11.2. The van der Waals surface area contributed by atoms with Gasteiger partial charge in [0.2, 0.25) is 0 Å². The molecule has 6 nitrogen and oxygen atoms in total. The van der Waals surface area contributed by atoms with E-state index >= 15 is 0 Å². The zero-order valence-corrected chi connectivity index (χ0v) is 18.8. The number of hydrogen-bond donors (Lipinski definition) is 1. The number of aliphatic hydroxyl groups excluding tert-OH is 1. The number of ether oxygens (including phenoxy) is 1. The van der Waals surface area contributed by atoms with Gasteiger partial charge in [-0.05, 0) is 47.5 Å². The van der Waals surface area contributed by atoms with Crippen LogP contribution in [0.4, 0.5) is 4.39 Å². The van der Waals surface area contributed by atoms with Crippen molar-refractivity contribution in [1.29, 1.82) is 0 Å². The summed E-state index contributed by atoms with van der Waals surface area (Å²) in [6.45, 7) is 2.00. The fourth-order valence-electron chi connectivity index (χ4n) is 3.77. The van der Waals surface area contributed by atoms with Gasteiger partial charge in [-0.15, -0.1) is 0 Å². The molecule has 0 spiro atoms. The van der Waals surface area contributed by atoms with Crippen LogP contribution in [0.1, 0.15) is 23.3 Å². The van der Waals surface area contributed by atoms with Crippen molar-refractivity contribution in [3.05, 3.63) is 94.7 Å². The van der Waals surface area contributed by atoms with Crippen LogP contribution >= 0.6 is 11.6 Å². The van der Waals surface area contributed by atoms with Crippen molar-refractivity contribution in [1.82, 2.24) is 4.90 Å². The van der Waals surface area contributed by atoms with E-state index in [1.165, 1.54) is 12.1 Å². The summed E-state index contributed by atoms with van der Waals surface area (Å²) in [6, 6.07) is 17.5.